The van der Waals surface area contributed by atoms with E-state index in [2.05, 4.69) is 15.8 Å². The molecule has 2 N–H and O–H groups in total. The molecule has 0 spiro atoms. The van der Waals surface area contributed by atoms with Crippen LogP contribution in [0.15, 0.2) is 28.8 Å². The van der Waals surface area contributed by atoms with E-state index in [0.29, 0.717) is 25.1 Å². The van der Waals surface area contributed by atoms with Crippen molar-refractivity contribution in [2.75, 3.05) is 11.9 Å². The van der Waals surface area contributed by atoms with Crippen molar-refractivity contribution in [3.05, 3.63) is 46.8 Å². The van der Waals surface area contributed by atoms with E-state index in [0.717, 1.165) is 24.7 Å². The summed E-state index contributed by atoms with van der Waals surface area (Å²) in [5.41, 5.74) is 1.91. The van der Waals surface area contributed by atoms with Crippen LogP contribution in [0, 0.1) is 0 Å². The van der Waals surface area contributed by atoms with Crippen LogP contribution in [0.25, 0.3) is 0 Å². The van der Waals surface area contributed by atoms with Crippen LogP contribution in [0.2, 0.25) is 0 Å². The molecule has 2 amide bonds. The van der Waals surface area contributed by atoms with Crippen molar-refractivity contribution in [2.24, 2.45) is 0 Å². The smallest absolute Gasteiger partial charge is 0.359 e. The molecule has 0 saturated carbocycles. The number of hydrogen-bond donors (Lipinski definition) is 2. The highest BCUT2D eigenvalue weighted by atomic mass is 19.4. The highest BCUT2D eigenvalue weighted by Crippen LogP contribution is 2.36. The molecule has 9 heteroatoms. The predicted molar refractivity (Wildman–Crippen MR) is 86.2 cm³/mol. The van der Waals surface area contributed by atoms with Gasteiger partial charge in [0.1, 0.15) is 0 Å². The van der Waals surface area contributed by atoms with E-state index in [1.54, 1.807) is 0 Å². The molecule has 0 unspecified atom stereocenters. The van der Waals surface area contributed by atoms with Crippen molar-refractivity contribution < 1.29 is 22.5 Å². The van der Waals surface area contributed by atoms with Crippen LogP contribution in [0.4, 0.5) is 23.7 Å². The molecule has 4 rings (SSSR count). The van der Waals surface area contributed by atoms with Crippen molar-refractivity contribution in [3.63, 3.8) is 0 Å². The van der Waals surface area contributed by atoms with Gasteiger partial charge in [0.05, 0.1) is 6.04 Å². The summed E-state index contributed by atoms with van der Waals surface area (Å²) in [7, 11) is 0. The maximum Gasteiger partial charge on any atom is 0.436 e. The number of alkyl halides is 3. The maximum atomic E-state index is 12.7. The largest absolute Gasteiger partial charge is 0.436 e. The fraction of sp³-hybridized carbons (Fsp3) is 0.412. The second-order valence-corrected chi connectivity index (χ2v) is 6.48. The van der Waals surface area contributed by atoms with Crippen LogP contribution in [0.5, 0.6) is 0 Å². The number of likely N-dealkylation sites (tertiary alicyclic amines) is 1. The lowest BCUT2D eigenvalue weighted by Gasteiger charge is -2.23. The molecular formula is C17H17F3N4O2. The molecule has 2 aliphatic rings. The van der Waals surface area contributed by atoms with Gasteiger partial charge < -0.3 is 20.1 Å². The van der Waals surface area contributed by atoms with E-state index in [4.69, 9.17) is 4.52 Å². The Labute approximate surface area is 147 Å². The Kier molecular flexibility index (Phi) is 4.10. The van der Waals surface area contributed by atoms with E-state index in [-0.39, 0.29) is 11.8 Å². The molecule has 0 bridgehead atoms. The topological polar surface area (TPSA) is 70.4 Å². The number of rotatable bonds is 2. The van der Waals surface area contributed by atoms with Gasteiger partial charge >= 0.3 is 12.2 Å². The third-order valence-electron chi connectivity index (χ3n) is 4.75. The average Bonchev–Trinajstić information content (AvgIpc) is 3.32. The van der Waals surface area contributed by atoms with E-state index in [1.165, 1.54) is 10.5 Å². The Bertz CT molecular complexity index is 834. The van der Waals surface area contributed by atoms with Crippen molar-refractivity contribution in [1.82, 2.24) is 15.4 Å². The van der Waals surface area contributed by atoms with E-state index in [9.17, 15) is 18.0 Å². The summed E-state index contributed by atoms with van der Waals surface area (Å²) in [5.74, 6) is 0.0585. The van der Waals surface area contributed by atoms with E-state index >= 15 is 0 Å². The molecule has 0 aliphatic carbocycles. The van der Waals surface area contributed by atoms with Crippen molar-refractivity contribution in [1.29, 1.82) is 0 Å². The first-order valence-electron chi connectivity index (χ1n) is 8.36. The summed E-state index contributed by atoms with van der Waals surface area (Å²) >= 11 is 0. The lowest BCUT2D eigenvalue weighted by atomic mass is 10.1. The number of benzene rings is 1. The van der Waals surface area contributed by atoms with E-state index in [1.807, 2.05) is 18.2 Å². The van der Waals surface area contributed by atoms with Crippen LogP contribution in [-0.4, -0.2) is 22.6 Å². The minimum absolute atomic E-state index is 0.0585. The Morgan fingerprint density at radius 1 is 1.27 bits per heavy atom. The summed E-state index contributed by atoms with van der Waals surface area (Å²) in [6.07, 6.45) is -3.34. The van der Waals surface area contributed by atoms with Gasteiger partial charge in [0, 0.05) is 31.4 Å². The molecule has 138 valence electrons. The molecule has 1 aromatic heterocycles. The zero-order valence-corrected chi connectivity index (χ0v) is 13.8. The van der Waals surface area contributed by atoms with Crippen LogP contribution < -0.4 is 10.6 Å². The molecule has 1 atom stereocenters. The molecule has 0 radical (unpaired) electrons. The normalized spacial score (nSPS) is 19.7. The summed E-state index contributed by atoms with van der Waals surface area (Å²) in [5, 5.41) is 9.14. The quantitative estimate of drug-likeness (QED) is 0.851. The third-order valence-corrected chi connectivity index (χ3v) is 4.75. The Morgan fingerprint density at radius 2 is 2.08 bits per heavy atom. The number of halogens is 3. The lowest BCUT2D eigenvalue weighted by Crippen LogP contribution is -2.34. The van der Waals surface area contributed by atoms with Crippen molar-refractivity contribution >= 4 is 11.7 Å². The van der Waals surface area contributed by atoms with Crippen LogP contribution >= 0.6 is 0 Å². The third kappa shape index (κ3) is 3.14. The molecule has 1 fully saturated rings. The summed E-state index contributed by atoms with van der Waals surface area (Å²) < 4.78 is 43.0. The molecule has 26 heavy (non-hydrogen) atoms. The monoisotopic (exact) mass is 366 g/mol. The molecule has 2 aromatic rings. The highest BCUT2D eigenvalue weighted by Gasteiger charge is 2.38. The number of hydrogen-bond acceptors (Lipinski definition) is 4. The molecule has 1 saturated heterocycles. The van der Waals surface area contributed by atoms with Gasteiger partial charge in [0.2, 0.25) is 0 Å². The van der Waals surface area contributed by atoms with Gasteiger partial charge in [-0.1, -0.05) is 11.2 Å². The number of nitrogens with zero attached hydrogens (tertiary/aromatic N) is 2. The average molecular weight is 366 g/mol. The first-order chi connectivity index (χ1) is 12.4. The molecular weight excluding hydrogens is 349 g/mol. The molecule has 1 aromatic carbocycles. The van der Waals surface area contributed by atoms with Crippen LogP contribution in [0.3, 0.4) is 0 Å². The summed E-state index contributed by atoms with van der Waals surface area (Å²) in [4.78, 5) is 14.1. The standard InChI is InChI=1S/C17H17F3N4O2/c18-17(19,20)15-7-14(26-23-15)13-2-1-5-24(13)16(25)22-12-4-3-10-8-21-9-11(10)6-12/h3-4,6-7,13,21H,1-2,5,8-9H2,(H,22,25)/t13-/m0/s1. The Hall–Kier alpha value is -2.55. The van der Waals surface area contributed by atoms with E-state index < -0.39 is 17.9 Å². The number of urea groups is 1. The minimum atomic E-state index is -4.56. The number of carbonyl (C=O) groups excluding carboxylic acids is 1. The number of aromatic nitrogens is 1. The number of carbonyl (C=O) groups is 1. The Balaban J connectivity index is 1.49. The van der Waals surface area contributed by atoms with Gasteiger partial charge in [0.15, 0.2) is 11.5 Å². The molecule has 2 aliphatic heterocycles. The Morgan fingerprint density at radius 3 is 2.85 bits per heavy atom. The zero-order valence-electron chi connectivity index (χ0n) is 13.8. The minimum Gasteiger partial charge on any atom is -0.359 e. The van der Waals surface area contributed by atoms with Gasteiger partial charge in [-0.25, -0.2) is 4.79 Å². The zero-order chi connectivity index (χ0) is 18.3. The number of anilines is 1. The molecule has 6 nitrogen and oxygen atoms in total. The fourth-order valence-corrected chi connectivity index (χ4v) is 3.45. The van der Waals surface area contributed by atoms with Crippen molar-refractivity contribution in [3.8, 4) is 0 Å². The number of amides is 2. The second kappa shape index (κ2) is 6.31. The fourth-order valence-electron chi connectivity index (χ4n) is 3.45. The first-order valence-corrected chi connectivity index (χ1v) is 8.36. The van der Waals surface area contributed by atoms with Gasteiger partial charge in [-0.15, -0.1) is 0 Å². The summed E-state index contributed by atoms with van der Waals surface area (Å²) in [6, 6.07) is 5.66. The number of fused-ring (bicyclic) bond motifs is 1. The second-order valence-electron chi connectivity index (χ2n) is 6.48. The lowest BCUT2D eigenvalue weighted by molar-refractivity contribution is -0.142. The first kappa shape index (κ1) is 16.9. The number of nitrogens with one attached hydrogen (secondary N) is 2. The predicted octanol–water partition coefficient (Wildman–Crippen LogP) is 3.67. The van der Waals surface area contributed by atoms with Gasteiger partial charge in [0.25, 0.3) is 0 Å². The summed E-state index contributed by atoms with van der Waals surface area (Å²) in [6.45, 7) is 2.01. The highest BCUT2D eigenvalue weighted by molar-refractivity contribution is 5.90. The van der Waals surface area contributed by atoms with Crippen molar-refractivity contribution in [2.45, 2.75) is 38.1 Å². The van der Waals surface area contributed by atoms with Gasteiger partial charge in [-0.3, -0.25) is 0 Å². The molecule has 3 heterocycles. The maximum absolute atomic E-state index is 12.7. The van der Waals surface area contributed by atoms with Crippen LogP contribution in [-0.2, 0) is 19.3 Å². The van der Waals surface area contributed by atoms with Crippen LogP contribution in [0.1, 0.15) is 41.5 Å². The SMILES string of the molecule is O=C(Nc1ccc2c(c1)CNC2)N1CCC[C@H]1c1cc(C(F)(F)F)no1. The van der Waals surface area contributed by atoms with Gasteiger partial charge in [-0.05, 0) is 36.1 Å². The van der Waals surface area contributed by atoms with Gasteiger partial charge in [-0.2, -0.15) is 13.2 Å².